The quantitative estimate of drug-likeness (QED) is 0.743. The molecular formula is C20H29N3O4. The van der Waals surface area contributed by atoms with Gasteiger partial charge in [-0.05, 0) is 32.0 Å². The SMILES string of the molecule is CC1(C(=O)O)C=CC=C(C(=O)O)C1.CCN1CCNCC1.c1ccncc1. The Morgan fingerprint density at radius 2 is 1.81 bits per heavy atom. The van der Waals surface area contributed by atoms with E-state index in [2.05, 4.69) is 22.1 Å². The fourth-order valence-corrected chi connectivity index (χ4v) is 2.52. The van der Waals surface area contributed by atoms with Gasteiger partial charge in [-0.1, -0.05) is 31.2 Å². The summed E-state index contributed by atoms with van der Waals surface area (Å²) in [5.74, 6) is -2.06. The van der Waals surface area contributed by atoms with Crippen LogP contribution in [0.4, 0.5) is 0 Å². The lowest BCUT2D eigenvalue weighted by Gasteiger charge is -2.25. The molecule has 7 nitrogen and oxygen atoms in total. The van der Waals surface area contributed by atoms with Gasteiger partial charge in [-0.25, -0.2) is 4.79 Å². The molecule has 2 aliphatic rings. The number of carboxylic acid groups (broad SMARTS) is 2. The third-order valence-electron chi connectivity index (χ3n) is 4.31. The Kier molecular flexibility index (Phi) is 10.00. The van der Waals surface area contributed by atoms with Crippen molar-refractivity contribution in [2.24, 2.45) is 5.41 Å². The number of nitrogens with one attached hydrogen (secondary N) is 1. The van der Waals surface area contributed by atoms with Crippen LogP contribution in [0.25, 0.3) is 0 Å². The van der Waals surface area contributed by atoms with E-state index in [4.69, 9.17) is 10.2 Å². The minimum atomic E-state index is -1.08. The first-order chi connectivity index (χ1) is 12.9. The highest BCUT2D eigenvalue weighted by Crippen LogP contribution is 2.31. The summed E-state index contributed by atoms with van der Waals surface area (Å²) in [4.78, 5) is 27.6. The van der Waals surface area contributed by atoms with Gasteiger partial charge in [-0.15, -0.1) is 0 Å². The Bertz CT molecular complexity index is 613. The van der Waals surface area contributed by atoms with E-state index in [9.17, 15) is 9.59 Å². The maximum absolute atomic E-state index is 10.8. The highest BCUT2D eigenvalue weighted by Gasteiger charge is 2.34. The summed E-state index contributed by atoms with van der Waals surface area (Å²) >= 11 is 0. The lowest BCUT2D eigenvalue weighted by molar-refractivity contribution is -0.145. The van der Waals surface area contributed by atoms with Crippen molar-refractivity contribution in [2.75, 3.05) is 32.7 Å². The third kappa shape index (κ3) is 8.61. The summed E-state index contributed by atoms with van der Waals surface area (Å²) in [6, 6.07) is 5.72. The number of aliphatic carboxylic acids is 2. The van der Waals surface area contributed by atoms with Crippen LogP contribution < -0.4 is 5.32 Å². The van der Waals surface area contributed by atoms with E-state index >= 15 is 0 Å². The van der Waals surface area contributed by atoms with Gasteiger partial charge in [0.15, 0.2) is 0 Å². The average Bonchev–Trinajstić information content (AvgIpc) is 2.71. The van der Waals surface area contributed by atoms with Gasteiger partial charge in [0.1, 0.15) is 0 Å². The fraction of sp³-hybridized carbons (Fsp3) is 0.450. The zero-order valence-electron chi connectivity index (χ0n) is 16.0. The zero-order valence-corrected chi connectivity index (χ0v) is 16.0. The number of rotatable bonds is 3. The molecule has 3 rings (SSSR count). The molecule has 2 heterocycles. The zero-order chi connectivity index (χ0) is 20.1. The van der Waals surface area contributed by atoms with Crippen molar-refractivity contribution in [3.8, 4) is 0 Å². The Balaban J connectivity index is 0.000000221. The molecule has 1 fully saturated rings. The summed E-state index contributed by atoms with van der Waals surface area (Å²) in [5, 5.41) is 20.8. The first kappa shape index (κ1) is 22.5. The smallest absolute Gasteiger partial charge is 0.331 e. The number of nitrogens with zero attached hydrogens (tertiary/aromatic N) is 2. The van der Waals surface area contributed by atoms with E-state index in [1.807, 2.05) is 18.2 Å². The van der Waals surface area contributed by atoms with Crippen molar-refractivity contribution in [1.29, 1.82) is 0 Å². The minimum Gasteiger partial charge on any atom is -0.481 e. The molecule has 1 aliphatic carbocycles. The number of hydrogen-bond donors (Lipinski definition) is 3. The van der Waals surface area contributed by atoms with E-state index in [1.165, 1.54) is 57.9 Å². The average molecular weight is 375 g/mol. The van der Waals surface area contributed by atoms with Gasteiger partial charge in [0.2, 0.25) is 0 Å². The normalized spacial score (nSPS) is 21.6. The number of carboxylic acids is 2. The second-order valence-corrected chi connectivity index (χ2v) is 6.46. The maximum Gasteiger partial charge on any atom is 0.331 e. The lowest BCUT2D eigenvalue weighted by atomic mass is 9.80. The Hall–Kier alpha value is -2.51. The number of allylic oxidation sites excluding steroid dienone is 2. The Labute approximate surface area is 160 Å². The first-order valence-electron chi connectivity index (χ1n) is 9.02. The molecule has 1 aromatic heterocycles. The second kappa shape index (κ2) is 12.0. The van der Waals surface area contributed by atoms with Crippen molar-refractivity contribution in [1.82, 2.24) is 15.2 Å². The number of aromatic nitrogens is 1. The van der Waals surface area contributed by atoms with Gasteiger partial charge < -0.3 is 20.4 Å². The monoisotopic (exact) mass is 375 g/mol. The number of pyridine rings is 1. The summed E-state index contributed by atoms with van der Waals surface area (Å²) in [5.41, 5.74) is -0.949. The van der Waals surface area contributed by atoms with Gasteiger partial charge in [0, 0.05) is 44.1 Å². The van der Waals surface area contributed by atoms with E-state index in [-0.39, 0.29) is 12.0 Å². The highest BCUT2D eigenvalue weighted by molar-refractivity contribution is 5.90. The Morgan fingerprint density at radius 1 is 1.19 bits per heavy atom. The standard InChI is InChI=1S/C9H10O4.C6H14N2.C5H5N/c1-9(8(12)13)4-2-3-6(5-9)7(10)11;1-2-8-5-3-7-4-6-8;1-2-4-6-5-3-1/h2-4H,5H2,1H3,(H,10,11)(H,12,13);7H,2-6H2,1H3;1-5H. The number of hydrogen-bond acceptors (Lipinski definition) is 5. The van der Waals surface area contributed by atoms with Crippen LogP contribution in [0.15, 0.2) is 54.4 Å². The minimum absolute atomic E-state index is 0.0359. The van der Waals surface area contributed by atoms with Crippen LogP contribution in [0.5, 0.6) is 0 Å². The summed E-state index contributed by atoms with van der Waals surface area (Å²) in [6.07, 6.45) is 7.93. The molecule has 0 spiro atoms. The molecule has 0 bridgehead atoms. The summed E-state index contributed by atoms with van der Waals surface area (Å²) in [6.45, 7) is 9.74. The molecule has 1 unspecified atom stereocenters. The van der Waals surface area contributed by atoms with E-state index < -0.39 is 17.4 Å². The molecule has 1 aromatic rings. The molecule has 0 amide bonds. The van der Waals surface area contributed by atoms with Crippen LogP contribution in [0, 0.1) is 5.41 Å². The van der Waals surface area contributed by atoms with Crippen molar-refractivity contribution < 1.29 is 19.8 Å². The molecule has 1 atom stereocenters. The van der Waals surface area contributed by atoms with Gasteiger partial charge >= 0.3 is 11.9 Å². The molecular weight excluding hydrogens is 346 g/mol. The van der Waals surface area contributed by atoms with Crippen molar-refractivity contribution in [3.63, 3.8) is 0 Å². The maximum atomic E-state index is 10.8. The molecule has 1 saturated heterocycles. The van der Waals surface area contributed by atoms with Crippen LogP contribution in [-0.4, -0.2) is 64.8 Å². The van der Waals surface area contributed by atoms with Gasteiger partial charge in [-0.3, -0.25) is 9.78 Å². The predicted molar refractivity (Wildman–Crippen MR) is 104 cm³/mol. The summed E-state index contributed by atoms with van der Waals surface area (Å²) < 4.78 is 0. The van der Waals surface area contributed by atoms with Gasteiger partial charge in [0.25, 0.3) is 0 Å². The second-order valence-electron chi connectivity index (χ2n) is 6.46. The van der Waals surface area contributed by atoms with Crippen LogP contribution in [-0.2, 0) is 9.59 Å². The van der Waals surface area contributed by atoms with Crippen molar-refractivity contribution in [3.05, 3.63) is 54.4 Å². The molecule has 1 aliphatic heterocycles. The van der Waals surface area contributed by atoms with Gasteiger partial charge in [0.05, 0.1) is 5.41 Å². The van der Waals surface area contributed by atoms with Crippen molar-refractivity contribution in [2.45, 2.75) is 20.3 Å². The molecule has 27 heavy (non-hydrogen) atoms. The molecule has 3 N–H and O–H groups in total. The molecule has 0 saturated carbocycles. The number of carbonyl (C=O) groups is 2. The van der Waals surface area contributed by atoms with Crippen LogP contribution >= 0.6 is 0 Å². The molecule has 148 valence electrons. The first-order valence-corrected chi connectivity index (χ1v) is 9.02. The van der Waals surface area contributed by atoms with Crippen molar-refractivity contribution >= 4 is 11.9 Å². The lowest BCUT2D eigenvalue weighted by Crippen LogP contribution is -2.43. The highest BCUT2D eigenvalue weighted by atomic mass is 16.4. The van der Waals surface area contributed by atoms with Crippen LogP contribution in [0.2, 0.25) is 0 Å². The topological polar surface area (TPSA) is 103 Å². The summed E-state index contributed by atoms with van der Waals surface area (Å²) in [7, 11) is 0. The van der Waals surface area contributed by atoms with Crippen LogP contribution in [0.1, 0.15) is 20.3 Å². The predicted octanol–water partition coefficient (Wildman–Crippen LogP) is 2.04. The Morgan fingerprint density at radius 3 is 2.19 bits per heavy atom. The fourth-order valence-electron chi connectivity index (χ4n) is 2.52. The van der Waals surface area contributed by atoms with E-state index in [0.29, 0.717) is 0 Å². The van der Waals surface area contributed by atoms with Crippen LogP contribution in [0.3, 0.4) is 0 Å². The molecule has 7 heteroatoms. The van der Waals surface area contributed by atoms with Gasteiger partial charge in [-0.2, -0.15) is 0 Å². The molecule has 0 aromatic carbocycles. The largest absolute Gasteiger partial charge is 0.481 e. The third-order valence-corrected chi connectivity index (χ3v) is 4.31. The number of piperazine rings is 1. The van der Waals surface area contributed by atoms with E-state index in [1.54, 1.807) is 12.4 Å². The number of likely N-dealkylation sites (N-methyl/N-ethyl adjacent to an activating group) is 1. The molecule has 0 radical (unpaired) electrons. The van der Waals surface area contributed by atoms with E-state index in [0.717, 1.165) is 0 Å².